The van der Waals surface area contributed by atoms with Gasteiger partial charge in [-0.2, -0.15) is 0 Å². The summed E-state index contributed by atoms with van der Waals surface area (Å²) in [7, 11) is 0. The molecule has 0 saturated carbocycles. The summed E-state index contributed by atoms with van der Waals surface area (Å²) >= 11 is 0. The van der Waals surface area contributed by atoms with E-state index >= 15 is 0 Å². The summed E-state index contributed by atoms with van der Waals surface area (Å²) in [6.07, 6.45) is 1.71. The first-order valence-corrected chi connectivity index (χ1v) is 5.95. The second-order valence-corrected chi connectivity index (χ2v) is 4.40. The summed E-state index contributed by atoms with van der Waals surface area (Å²) in [6.45, 7) is 1.88. The molecule has 1 aromatic carbocycles. The zero-order chi connectivity index (χ0) is 13.4. The number of amides is 1. The minimum absolute atomic E-state index is 0.190. The van der Waals surface area contributed by atoms with E-state index in [1.54, 1.807) is 24.4 Å². The van der Waals surface area contributed by atoms with Gasteiger partial charge < -0.3 is 15.8 Å². The van der Waals surface area contributed by atoms with E-state index in [9.17, 15) is 4.79 Å². The van der Waals surface area contributed by atoms with Crippen molar-refractivity contribution in [3.05, 3.63) is 47.8 Å². The Bertz CT molecular complexity index is 655. The number of aromatic nitrogens is 1. The normalized spacial score (nSPS) is 16.9. The van der Waals surface area contributed by atoms with Gasteiger partial charge in [0.15, 0.2) is 0 Å². The number of aryl methyl sites for hydroxylation is 1. The topological polar surface area (TPSA) is 77.2 Å². The Balaban J connectivity index is 1.91. The van der Waals surface area contributed by atoms with Crippen LogP contribution >= 0.6 is 0 Å². The molecule has 1 amide bonds. The molecule has 1 aliphatic heterocycles. The van der Waals surface area contributed by atoms with E-state index in [1.807, 2.05) is 19.1 Å². The molecule has 2 heterocycles. The number of carbonyl (C=O) groups is 1. The first kappa shape index (κ1) is 11.7. The fourth-order valence-corrected chi connectivity index (χ4v) is 2.03. The van der Waals surface area contributed by atoms with Crippen LogP contribution in [-0.4, -0.2) is 10.9 Å². The summed E-state index contributed by atoms with van der Waals surface area (Å²) in [5.74, 6) is 1.14. The fourth-order valence-electron chi connectivity index (χ4n) is 2.03. The van der Waals surface area contributed by atoms with Crippen LogP contribution in [0.1, 0.15) is 17.3 Å². The van der Waals surface area contributed by atoms with E-state index in [0.717, 1.165) is 11.3 Å². The maximum absolute atomic E-state index is 11.5. The number of pyridine rings is 1. The molecule has 96 valence electrons. The van der Waals surface area contributed by atoms with Crippen LogP contribution < -0.4 is 15.8 Å². The predicted octanol–water partition coefficient (Wildman–Crippen LogP) is 2.13. The van der Waals surface area contributed by atoms with Crippen LogP contribution in [0.25, 0.3) is 0 Å². The molecule has 0 aliphatic carbocycles. The van der Waals surface area contributed by atoms with E-state index in [4.69, 9.17) is 10.5 Å². The monoisotopic (exact) mass is 255 g/mol. The SMILES string of the molecule is Cc1ncccc1Oc1ccc2c(c1)NC(=O)C2N. The summed E-state index contributed by atoms with van der Waals surface area (Å²) < 4.78 is 5.75. The molecule has 0 radical (unpaired) electrons. The second-order valence-electron chi connectivity index (χ2n) is 4.40. The molecule has 3 rings (SSSR count). The lowest BCUT2D eigenvalue weighted by Crippen LogP contribution is -2.19. The van der Waals surface area contributed by atoms with Crippen LogP contribution in [0.2, 0.25) is 0 Å². The van der Waals surface area contributed by atoms with Gasteiger partial charge in [-0.1, -0.05) is 6.07 Å². The van der Waals surface area contributed by atoms with Crippen molar-refractivity contribution in [2.45, 2.75) is 13.0 Å². The molecule has 1 aliphatic rings. The van der Waals surface area contributed by atoms with Gasteiger partial charge in [0.05, 0.1) is 5.69 Å². The highest BCUT2D eigenvalue weighted by atomic mass is 16.5. The van der Waals surface area contributed by atoms with Crippen LogP contribution in [0.5, 0.6) is 11.5 Å². The Morgan fingerprint density at radius 3 is 3.00 bits per heavy atom. The van der Waals surface area contributed by atoms with Crippen molar-refractivity contribution >= 4 is 11.6 Å². The van der Waals surface area contributed by atoms with E-state index in [-0.39, 0.29) is 5.91 Å². The first-order valence-electron chi connectivity index (χ1n) is 5.95. The molecule has 0 fully saturated rings. The zero-order valence-corrected chi connectivity index (χ0v) is 10.4. The molecule has 19 heavy (non-hydrogen) atoms. The van der Waals surface area contributed by atoms with E-state index in [1.165, 1.54) is 0 Å². The van der Waals surface area contributed by atoms with Gasteiger partial charge in [0.1, 0.15) is 17.5 Å². The number of fused-ring (bicyclic) bond motifs is 1. The number of ether oxygens (including phenoxy) is 1. The van der Waals surface area contributed by atoms with E-state index in [0.29, 0.717) is 17.2 Å². The van der Waals surface area contributed by atoms with Crippen LogP contribution in [-0.2, 0) is 4.79 Å². The van der Waals surface area contributed by atoms with Crippen molar-refractivity contribution in [2.75, 3.05) is 5.32 Å². The highest BCUT2D eigenvalue weighted by molar-refractivity contribution is 6.02. The molecule has 0 bridgehead atoms. The number of benzene rings is 1. The van der Waals surface area contributed by atoms with Crippen LogP contribution in [0.15, 0.2) is 36.5 Å². The van der Waals surface area contributed by atoms with Crippen molar-refractivity contribution in [1.82, 2.24) is 4.98 Å². The molecule has 5 nitrogen and oxygen atoms in total. The van der Waals surface area contributed by atoms with Crippen molar-refractivity contribution in [3.8, 4) is 11.5 Å². The molecule has 1 atom stereocenters. The smallest absolute Gasteiger partial charge is 0.245 e. The fraction of sp³-hybridized carbons (Fsp3) is 0.143. The van der Waals surface area contributed by atoms with Crippen molar-refractivity contribution in [3.63, 3.8) is 0 Å². The lowest BCUT2D eigenvalue weighted by atomic mass is 10.1. The number of carbonyl (C=O) groups excluding carboxylic acids is 1. The number of nitrogens with zero attached hydrogens (tertiary/aromatic N) is 1. The number of nitrogens with two attached hydrogens (primary N) is 1. The molecule has 2 aromatic rings. The number of rotatable bonds is 2. The average molecular weight is 255 g/mol. The first-order chi connectivity index (χ1) is 9.15. The van der Waals surface area contributed by atoms with Crippen molar-refractivity contribution in [2.24, 2.45) is 5.73 Å². The third-order valence-corrected chi connectivity index (χ3v) is 3.09. The third-order valence-electron chi connectivity index (χ3n) is 3.09. The van der Waals surface area contributed by atoms with Gasteiger partial charge in [0, 0.05) is 23.5 Å². The molecule has 0 saturated heterocycles. The molecule has 1 unspecified atom stereocenters. The Morgan fingerprint density at radius 2 is 2.21 bits per heavy atom. The predicted molar refractivity (Wildman–Crippen MR) is 71.0 cm³/mol. The second kappa shape index (κ2) is 4.37. The van der Waals surface area contributed by atoms with Gasteiger partial charge >= 0.3 is 0 Å². The van der Waals surface area contributed by atoms with Gasteiger partial charge in [0.25, 0.3) is 0 Å². The Hall–Kier alpha value is -2.40. The standard InChI is InChI=1S/C14H13N3O2/c1-8-12(3-2-6-16-8)19-9-4-5-10-11(7-9)17-14(18)13(10)15/h2-7,13H,15H2,1H3,(H,17,18). The van der Waals surface area contributed by atoms with Crippen molar-refractivity contribution in [1.29, 1.82) is 0 Å². The van der Waals surface area contributed by atoms with Gasteiger partial charge in [-0.3, -0.25) is 9.78 Å². The van der Waals surface area contributed by atoms with Gasteiger partial charge in [-0.25, -0.2) is 0 Å². The van der Waals surface area contributed by atoms with Crippen LogP contribution in [0, 0.1) is 6.92 Å². The Kier molecular flexibility index (Phi) is 2.68. The molecule has 3 N–H and O–H groups in total. The van der Waals surface area contributed by atoms with Crippen LogP contribution in [0.4, 0.5) is 5.69 Å². The molecule has 1 aromatic heterocycles. The maximum Gasteiger partial charge on any atom is 0.245 e. The largest absolute Gasteiger partial charge is 0.455 e. The van der Waals surface area contributed by atoms with Crippen LogP contribution in [0.3, 0.4) is 0 Å². The van der Waals surface area contributed by atoms with Gasteiger partial charge in [-0.15, -0.1) is 0 Å². The number of anilines is 1. The average Bonchev–Trinajstić information content (AvgIpc) is 2.68. The molecular weight excluding hydrogens is 242 g/mol. The minimum Gasteiger partial charge on any atom is -0.455 e. The summed E-state index contributed by atoms with van der Waals surface area (Å²) in [5, 5.41) is 2.73. The summed E-state index contributed by atoms with van der Waals surface area (Å²) in [5.41, 5.74) is 8.06. The Morgan fingerprint density at radius 1 is 1.37 bits per heavy atom. The molecular formula is C14H13N3O2. The van der Waals surface area contributed by atoms with E-state index < -0.39 is 6.04 Å². The number of hydrogen-bond donors (Lipinski definition) is 2. The quantitative estimate of drug-likeness (QED) is 0.861. The van der Waals surface area contributed by atoms with Gasteiger partial charge in [0.2, 0.25) is 5.91 Å². The maximum atomic E-state index is 11.5. The molecule has 5 heteroatoms. The lowest BCUT2D eigenvalue weighted by molar-refractivity contribution is -0.116. The molecule has 0 spiro atoms. The summed E-state index contributed by atoms with van der Waals surface area (Å²) in [4.78, 5) is 15.6. The lowest BCUT2D eigenvalue weighted by Gasteiger charge is -2.09. The minimum atomic E-state index is -0.593. The highest BCUT2D eigenvalue weighted by Crippen LogP contribution is 2.34. The number of nitrogens with one attached hydrogen (secondary N) is 1. The Labute approximate surface area is 110 Å². The zero-order valence-electron chi connectivity index (χ0n) is 10.4. The van der Waals surface area contributed by atoms with Crippen molar-refractivity contribution < 1.29 is 9.53 Å². The summed E-state index contributed by atoms with van der Waals surface area (Å²) in [6, 6.07) is 8.44. The van der Waals surface area contributed by atoms with Gasteiger partial charge in [-0.05, 0) is 25.1 Å². The third kappa shape index (κ3) is 2.04. The highest BCUT2D eigenvalue weighted by Gasteiger charge is 2.27. The number of hydrogen-bond acceptors (Lipinski definition) is 4. The van der Waals surface area contributed by atoms with E-state index in [2.05, 4.69) is 10.3 Å².